The first-order chi connectivity index (χ1) is 14.2. The van der Waals surface area contributed by atoms with Crippen LogP contribution in [-0.2, 0) is 6.42 Å². The molecule has 0 fully saturated rings. The van der Waals surface area contributed by atoms with Gasteiger partial charge in [-0.25, -0.2) is 0 Å². The van der Waals surface area contributed by atoms with Gasteiger partial charge in [0.15, 0.2) is 0 Å². The number of hydrogen-bond donors (Lipinski definition) is 1. The van der Waals surface area contributed by atoms with E-state index < -0.39 is 0 Å². The molecule has 2 aromatic carbocycles. The smallest absolute Gasteiger partial charge is 0.113 e. The lowest BCUT2D eigenvalue weighted by Gasteiger charge is -2.12. The number of rotatable bonds is 12. The second-order valence-corrected chi connectivity index (χ2v) is 8.28. The molecule has 1 unspecified atom stereocenters. The van der Waals surface area contributed by atoms with Crippen molar-refractivity contribution < 1.29 is 5.11 Å². The fourth-order valence-electron chi connectivity index (χ4n) is 3.94. The summed E-state index contributed by atoms with van der Waals surface area (Å²) in [6, 6.07) is 14.3. The van der Waals surface area contributed by atoms with Crippen LogP contribution in [0.3, 0.4) is 0 Å². The van der Waals surface area contributed by atoms with Crippen molar-refractivity contribution in [3.63, 3.8) is 0 Å². The molecule has 3 aromatic rings. The topological polar surface area (TPSA) is 50.9 Å². The van der Waals surface area contributed by atoms with Gasteiger partial charge in [0.2, 0.25) is 0 Å². The Balaban J connectivity index is 1.50. The van der Waals surface area contributed by atoms with Crippen molar-refractivity contribution in [3.8, 4) is 5.69 Å². The Kier molecular flexibility index (Phi) is 8.24. The highest BCUT2D eigenvalue weighted by Gasteiger charge is 2.10. The summed E-state index contributed by atoms with van der Waals surface area (Å²) in [7, 11) is 0. The van der Waals surface area contributed by atoms with Gasteiger partial charge in [0.05, 0.1) is 11.8 Å². The highest BCUT2D eigenvalue weighted by molar-refractivity contribution is 5.73. The fraction of sp³-hybridized carbons (Fsp3) is 0.520. The number of benzene rings is 2. The molecule has 0 radical (unpaired) electrons. The van der Waals surface area contributed by atoms with Crippen molar-refractivity contribution in [2.24, 2.45) is 0 Å². The summed E-state index contributed by atoms with van der Waals surface area (Å²) in [5.41, 5.74) is 5.05. The molecule has 1 atom stereocenters. The third-order valence-corrected chi connectivity index (χ3v) is 5.50. The van der Waals surface area contributed by atoms with Crippen molar-refractivity contribution in [2.45, 2.75) is 84.2 Å². The molecule has 0 amide bonds. The van der Waals surface area contributed by atoms with Gasteiger partial charge in [0.1, 0.15) is 11.0 Å². The zero-order valence-corrected chi connectivity index (χ0v) is 18.0. The van der Waals surface area contributed by atoms with Gasteiger partial charge in [-0.1, -0.05) is 76.5 Å². The SMILES string of the molecule is CCCCCCCCCCC(O)Cc1cc(C)cc(-n2nc3ccccc3n2)c1. The van der Waals surface area contributed by atoms with E-state index in [4.69, 9.17) is 0 Å². The van der Waals surface area contributed by atoms with E-state index in [1.54, 1.807) is 4.80 Å². The summed E-state index contributed by atoms with van der Waals surface area (Å²) < 4.78 is 0. The number of aliphatic hydroxyl groups excluding tert-OH is 1. The number of hydrogen-bond acceptors (Lipinski definition) is 3. The summed E-state index contributed by atoms with van der Waals surface area (Å²) >= 11 is 0. The highest BCUT2D eigenvalue weighted by Crippen LogP contribution is 2.18. The molecule has 0 spiro atoms. The van der Waals surface area contributed by atoms with E-state index in [1.165, 1.54) is 44.9 Å². The number of fused-ring (bicyclic) bond motifs is 1. The van der Waals surface area contributed by atoms with Crippen LogP contribution in [0.4, 0.5) is 0 Å². The van der Waals surface area contributed by atoms with Crippen LogP contribution in [0.15, 0.2) is 42.5 Å². The van der Waals surface area contributed by atoms with Gasteiger partial charge in [-0.05, 0) is 55.2 Å². The van der Waals surface area contributed by atoms with E-state index in [0.717, 1.165) is 40.7 Å². The van der Waals surface area contributed by atoms with E-state index in [9.17, 15) is 5.11 Å². The van der Waals surface area contributed by atoms with E-state index >= 15 is 0 Å². The van der Waals surface area contributed by atoms with Crippen molar-refractivity contribution in [1.82, 2.24) is 15.0 Å². The Morgan fingerprint density at radius 2 is 1.48 bits per heavy atom. The van der Waals surface area contributed by atoms with Crippen LogP contribution in [0.1, 0.15) is 75.8 Å². The lowest BCUT2D eigenvalue weighted by atomic mass is 10.00. The molecule has 4 heteroatoms. The molecule has 156 valence electrons. The number of aromatic nitrogens is 3. The summed E-state index contributed by atoms with van der Waals surface area (Å²) in [5.74, 6) is 0. The summed E-state index contributed by atoms with van der Waals surface area (Å²) in [6.45, 7) is 4.34. The van der Waals surface area contributed by atoms with Crippen LogP contribution >= 0.6 is 0 Å². The van der Waals surface area contributed by atoms with Crippen molar-refractivity contribution in [1.29, 1.82) is 0 Å². The maximum atomic E-state index is 10.5. The molecule has 0 aliphatic carbocycles. The Morgan fingerprint density at radius 3 is 2.14 bits per heavy atom. The molecule has 1 aromatic heterocycles. The van der Waals surface area contributed by atoms with Crippen LogP contribution in [0.2, 0.25) is 0 Å². The molecular formula is C25H35N3O. The molecule has 3 rings (SSSR count). The number of nitrogens with zero attached hydrogens (tertiary/aromatic N) is 3. The van der Waals surface area contributed by atoms with Crippen LogP contribution < -0.4 is 0 Å². The minimum absolute atomic E-state index is 0.283. The van der Waals surface area contributed by atoms with Gasteiger partial charge in [0.25, 0.3) is 0 Å². The molecule has 0 bridgehead atoms. The van der Waals surface area contributed by atoms with Gasteiger partial charge in [-0.3, -0.25) is 0 Å². The first-order valence-corrected chi connectivity index (χ1v) is 11.3. The maximum Gasteiger partial charge on any atom is 0.113 e. The van der Waals surface area contributed by atoms with Gasteiger partial charge >= 0.3 is 0 Å². The first kappa shape index (κ1) is 21.5. The van der Waals surface area contributed by atoms with E-state index in [2.05, 4.69) is 42.2 Å². The second-order valence-electron chi connectivity index (χ2n) is 8.28. The van der Waals surface area contributed by atoms with E-state index in [0.29, 0.717) is 6.42 Å². The minimum Gasteiger partial charge on any atom is -0.393 e. The van der Waals surface area contributed by atoms with E-state index in [1.807, 2.05) is 24.3 Å². The quantitative estimate of drug-likeness (QED) is 0.375. The predicted molar refractivity (Wildman–Crippen MR) is 121 cm³/mol. The third kappa shape index (κ3) is 6.67. The molecule has 29 heavy (non-hydrogen) atoms. The van der Waals surface area contributed by atoms with Crippen molar-refractivity contribution in [3.05, 3.63) is 53.6 Å². The lowest BCUT2D eigenvalue weighted by Crippen LogP contribution is -2.11. The largest absolute Gasteiger partial charge is 0.393 e. The molecule has 0 saturated carbocycles. The first-order valence-electron chi connectivity index (χ1n) is 11.3. The Labute approximate surface area is 175 Å². The molecule has 0 aliphatic heterocycles. The minimum atomic E-state index is -0.283. The number of aliphatic hydroxyl groups is 1. The van der Waals surface area contributed by atoms with Crippen LogP contribution in [0.25, 0.3) is 16.7 Å². The van der Waals surface area contributed by atoms with Crippen molar-refractivity contribution in [2.75, 3.05) is 0 Å². The molecule has 4 nitrogen and oxygen atoms in total. The fourth-order valence-corrected chi connectivity index (χ4v) is 3.94. The summed E-state index contributed by atoms with van der Waals surface area (Å²) in [5, 5.41) is 19.7. The lowest BCUT2D eigenvalue weighted by molar-refractivity contribution is 0.161. The zero-order valence-electron chi connectivity index (χ0n) is 18.0. The Morgan fingerprint density at radius 1 is 0.862 bits per heavy atom. The maximum absolute atomic E-state index is 10.5. The van der Waals surface area contributed by atoms with Crippen molar-refractivity contribution >= 4 is 11.0 Å². The van der Waals surface area contributed by atoms with E-state index in [-0.39, 0.29) is 6.10 Å². The monoisotopic (exact) mass is 393 g/mol. The summed E-state index contributed by atoms with van der Waals surface area (Å²) in [6.07, 6.45) is 11.6. The molecule has 1 heterocycles. The number of unbranched alkanes of at least 4 members (excludes halogenated alkanes) is 7. The highest BCUT2D eigenvalue weighted by atomic mass is 16.3. The second kappa shape index (κ2) is 11.1. The zero-order chi connectivity index (χ0) is 20.5. The molecular weight excluding hydrogens is 358 g/mol. The molecule has 1 N–H and O–H groups in total. The van der Waals surface area contributed by atoms with Crippen LogP contribution in [0.5, 0.6) is 0 Å². The average molecular weight is 394 g/mol. The van der Waals surface area contributed by atoms with Crippen LogP contribution in [0, 0.1) is 6.92 Å². The molecule has 0 aliphatic rings. The summed E-state index contributed by atoms with van der Waals surface area (Å²) in [4.78, 5) is 1.70. The van der Waals surface area contributed by atoms with Gasteiger partial charge in [-0.2, -0.15) is 4.80 Å². The van der Waals surface area contributed by atoms with Gasteiger partial charge < -0.3 is 5.11 Å². The number of aryl methyl sites for hydroxylation is 1. The third-order valence-electron chi connectivity index (χ3n) is 5.50. The standard InChI is InChI=1S/C25H35N3O/c1-3-4-5-6-7-8-9-10-13-23(29)19-21-16-20(2)17-22(18-21)28-26-24-14-11-12-15-25(24)27-28/h11-12,14-18,23,29H,3-10,13,19H2,1-2H3. The average Bonchev–Trinajstić information content (AvgIpc) is 3.14. The Bertz CT molecular complexity index is 854. The van der Waals surface area contributed by atoms with Crippen LogP contribution in [-0.4, -0.2) is 26.2 Å². The molecule has 0 saturated heterocycles. The Hall–Kier alpha value is -2.20. The van der Waals surface area contributed by atoms with Gasteiger partial charge in [0, 0.05) is 0 Å². The predicted octanol–water partition coefficient (Wildman–Crippen LogP) is 6.16. The van der Waals surface area contributed by atoms with Gasteiger partial charge in [-0.15, -0.1) is 10.2 Å². The normalized spacial score (nSPS) is 12.5.